The van der Waals surface area contributed by atoms with Crippen molar-refractivity contribution in [1.82, 2.24) is 9.47 Å². The van der Waals surface area contributed by atoms with Gasteiger partial charge in [0.15, 0.2) is 0 Å². The topological polar surface area (TPSA) is 54.3 Å². The molecule has 0 saturated carbocycles. The molecule has 0 spiro atoms. The van der Waals surface area contributed by atoms with E-state index < -0.39 is 0 Å². The minimum Gasteiger partial charge on any atom is -0.342 e. The summed E-state index contributed by atoms with van der Waals surface area (Å²) in [6.45, 7) is 5.60. The zero-order chi connectivity index (χ0) is 20.5. The summed E-state index contributed by atoms with van der Waals surface area (Å²) < 4.78 is 1.96. The van der Waals surface area contributed by atoms with Crippen molar-refractivity contribution in [2.45, 2.75) is 20.4 Å². The maximum atomic E-state index is 12.6. The van der Waals surface area contributed by atoms with Gasteiger partial charge < -0.3 is 14.8 Å². The number of hydrogen-bond acceptors (Lipinski definition) is 2. The predicted octanol–water partition coefficient (Wildman–Crippen LogP) is 4.66. The first-order valence-corrected chi connectivity index (χ1v) is 10.1. The summed E-state index contributed by atoms with van der Waals surface area (Å²) in [7, 11) is 0. The Morgan fingerprint density at radius 3 is 2.69 bits per heavy atom. The van der Waals surface area contributed by atoms with Gasteiger partial charge >= 0.3 is 0 Å². The highest BCUT2D eigenvalue weighted by molar-refractivity contribution is 6.36. The molecule has 1 N–H and O–H groups in total. The number of carbonyl (C=O) groups is 2. The van der Waals surface area contributed by atoms with Gasteiger partial charge in [-0.05, 0) is 38.1 Å². The van der Waals surface area contributed by atoms with Crippen LogP contribution in [-0.2, 0) is 16.1 Å². The fourth-order valence-electron chi connectivity index (χ4n) is 3.81. The lowest BCUT2D eigenvalue weighted by molar-refractivity contribution is -0.131. The molecule has 29 heavy (non-hydrogen) atoms. The Morgan fingerprint density at radius 1 is 1.17 bits per heavy atom. The summed E-state index contributed by atoms with van der Waals surface area (Å²) in [5.41, 5.74) is 4.01. The van der Waals surface area contributed by atoms with E-state index in [2.05, 4.69) is 5.32 Å². The van der Waals surface area contributed by atoms with Crippen LogP contribution in [0.2, 0.25) is 5.02 Å². The number of para-hydroxylation sites is 1. The molecule has 148 valence electrons. The van der Waals surface area contributed by atoms with Gasteiger partial charge in [-0.2, -0.15) is 0 Å². The van der Waals surface area contributed by atoms with E-state index in [9.17, 15) is 9.59 Å². The van der Waals surface area contributed by atoms with E-state index in [-0.39, 0.29) is 18.4 Å². The van der Waals surface area contributed by atoms with Crippen molar-refractivity contribution in [3.8, 4) is 0 Å². The molecule has 0 bridgehead atoms. The van der Waals surface area contributed by atoms with Crippen molar-refractivity contribution in [3.63, 3.8) is 0 Å². The Labute approximate surface area is 174 Å². The quantitative estimate of drug-likeness (QED) is 0.625. The van der Waals surface area contributed by atoms with Crippen LogP contribution in [0.4, 0.5) is 5.69 Å². The van der Waals surface area contributed by atoms with E-state index in [0.29, 0.717) is 29.4 Å². The molecular formula is C23H22ClN3O2. The van der Waals surface area contributed by atoms with Crippen LogP contribution in [-0.4, -0.2) is 34.4 Å². The third-order valence-corrected chi connectivity index (χ3v) is 5.54. The minimum absolute atomic E-state index is 0.0774. The summed E-state index contributed by atoms with van der Waals surface area (Å²) in [5, 5.41) is 4.45. The highest BCUT2D eigenvalue weighted by Gasteiger charge is 2.25. The van der Waals surface area contributed by atoms with E-state index >= 15 is 0 Å². The number of anilines is 1. The molecule has 0 aliphatic carbocycles. The number of fused-ring (bicyclic) bond motifs is 2. The third kappa shape index (κ3) is 3.54. The molecule has 1 aliphatic rings. The van der Waals surface area contributed by atoms with Gasteiger partial charge in [0.25, 0.3) is 5.91 Å². The fourth-order valence-corrected chi connectivity index (χ4v) is 3.98. The van der Waals surface area contributed by atoms with E-state index in [0.717, 1.165) is 22.0 Å². The lowest BCUT2D eigenvalue weighted by atomic mass is 10.0. The molecule has 5 nitrogen and oxygen atoms in total. The Hall–Kier alpha value is -3.05. The van der Waals surface area contributed by atoms with Crippen LogP contribution >= 0.6 is 11.6 Å². The monoisotopic (exact) mass is 407 g/mol. The van der Waals surface area contributed by atoms with Gasteiger partial charge in [0, 0.05) is 51.9 Å². The third-order valence-electron chi connectivity index (χ3n) is 5.31. The van der Waals surface area contributed by atoms with Crippen LogP contribution in [0.5, 0.6) is 0 Å². The van der Waals surface area contributed by atoms with E-state index in [1.165, 1.54) is 0 Å². The standard InChI is InChI=1S/C23H22ClN3O2/c1-3-26(4-2)22(28)14-27-13-15(17-7-5-6-8-21(17)27)11-19-18-10-9-16(24)12-20(18)25-23(19)29/h5-13H,3-4,14H2,1-2H3,(H,25,29)/b19-11+. The average molecular weight is 408 g/mol. The first-order valence-electron chi connectivity index (χ1n) is 9.70. The highest BCUT2D eigenvalue weighted by Crippen LogP contribution is 2.36. The van der Waals surface area contributed by atoms with Gasteiger partial charge in [0.05, 0.1) is 5.69 Å². The second-order valence-corrected chi connectivity index (χ2v) is 7.43. The van der Waals surface area contributed by atoms with Crippen LogP contribution in [0.25, 0.3) is 22.6 Å². The number of benzene rings is 2. The lowest BCUT2D eigenvalue weighted by Crippen LogP contribution is -2.33. The molecule has 0 saturated heterocycles. The maximum Gasteiger partial charge on any atom is 0.256 e. The SMILES string of the molecule is CCN(CC)C(=O)Cn1cc(/C=C2/C(=O)Nc3cc(Cl)ccc32)c2ccccc21. The number of nitrogens with zero attached hydrogens (tertiary/aromatic N) is 2. The number of rotatable bonds is 5. The number of nitrogens with one attached hydrogen (secondary N) is 1. The van der Waals surface area contributed by atoms with Gasteiger partial charge in [0.2, 0.25) is 5.91 Å². The molecule has 0 fully saturated rings. The second kappa shape index (κ2) is 7.76. The number of hydrogen-bond donors (Lipinski definition) is 1. The normalized spacial score (nSPS) is 14.3. The van der Waals surface area contributed by atoms with Crippen LogP contribution in [0, 0.1) is 0 Å². The zero-order valence-corrected chi connectivity index (χ0v) is 17.2. The van der Waals surface area contributed by atoms with Gasteiger partial charge in [0.1, 0.15) is 6.54 Å². The van der Waals surface area contributed by atoms with Crippen molar-refractivity contribution >= 4 is 51.7 Å². The number of carbonyl (C=O) groups excluding carboxylic acids is 2. The molecule has 4 rings (SSSR count). The molecule has 2 aromatic carbocycles. The molecule has 0 atom stereocenters. The minimum atomic E-state index is -0.154. The van der Waals surface area contributed by atoms with Gasteiger partial charge in [-0.3, -0.25) is 9.59 Å². The second-order valence-electron chi connectivity index (χ2n) is 7.00. The average Bonchev–Trinajstić information content (AvgIpc) is 3.20. The Bertz CT molecular complexity index is 1140. The number of aromatic nitrogens is 1. The predicted molar refractivity (Wildman–Crippen MR) is 118 cm³/mol. The number of amides is 2. The molecule has 6 heteroatoms. The highest BCUT2D eigenvalue weighted by atomic mass is 35.5. The fraction of sp³-hybridized carbons (Fsp3) is 0.217. The summed E-state index contributed by atoms with van der Waals surface area (Å²) in [6, 6.07) is 13.3. The van der Waals surface area contributed by atoms with Crippen LogP contribution in [0.3, 0.4) is 0 Å². The molecule has 1 aliphatic heterocycles. The van der Waals surface area contributed by atoms with Crippen molar-refractivity contribution < 1.29 is 9.59 Å². The molecular weight excluding hydrogens is 386 g/mol. The molecule has 0 radical (unpaired) electrons. The summed E-state index contributed by atoms with van der Waals surface area (Å²) in [6.07, 6.45) is 3.83. The first-order chi connectivity index (χ1) is 14.0. The molecule has 1 aromatic heterocycles. The lowest BCUT2D eigenvalue weighted by Gasteiger charge is -2.19. The summed E-state index contributed by atoms with van der Waals surface area (Å²) in [4.78, 5) is 27.0. The van der Waals surface area contributed by atoms with Crippen molar-refractivity contribution in [3.05, 3.63) is 64.8 Å². The molecule has 3 aromatic rings. The Kier molecular flexibility index (Phi) is 5.16. The summed E-state index contributed by atoms with van der Waals surface area (Å²) in [5.74, 6) is -0.0770. The van der Waals surface area contributed by atoms with Crippen molar-refractivity contribution in [1.29, 1.82) is 0 Å². The van der Waals surface area contributed by atoms with E-state index in [1.54, 1.807) is 12.1 Å². The number of halogens is 1. The van der Waals surface area contributed by atoms with Gasteiger partial charge in [-0.1, -0.05) is 35.9 Å². The molecule has 2 amide bonds. The van der Waals surface area contributed by atoms with Crippen LogP contribution in [0.15, 0.2) is 48.7 Å². The van der Waals surface area contributed by atoms with Gasteiger partial charge in [-0.25, -0.2) is 0 Å². The molecule has 0 unspecified atom stereocenters. The smallest absolute Gasteiger partial charge is 0.256 e. The van der Waals surface area contributed by atoms with Crippen LogP contribution in [0.1, 0.15) is 25.0 Å². The summed E-state index contributed by atoms with van der Waals surface area (Å²) >= 11 is 6.05. The number of likely N-dealkylation sites (N-methyl/N-ethyl adjacent to an activating group) is 1. The van der Waals surface area contributed by atoms with E-state index in [4.69, 9.17) is 11.6 Å². The first kappa shape index (κ1) is 19.3. The van der Waals surface area contributed by atoms with Gasteiger partial charge in [-0.15, -0.1) is 0 Å². The Balaban J connectivity index is 1.77. The van der Waals surface area contributed by atoms with Crippen molar-refractivity contribution in [2.75, 3.05) is 18.4 Å². The molecule has 2 heterocycles. The van der Waals surface area contributed by atoms with E-state index in [1.807, 2.05) is 65.9 Å². The van der Waals surface area contributed by atoms with Crippen molar-refractivity contribution in [2.24, 2.45) is 0 Å². The zero-order valence-electron chi connectivity index (χ0n) is 16.4. The van der Waals surface area contributed by atoms with Crippen LogP contribution < -0.4 is 5.32 Å². The Morgan fingerprint density at radius 2 is 1.93 bits per heavy atom. The maximum absolute atomic E-state index is 12.6. The largest absolute Gasteiger partial charge is 0.342 e.